The standard InChI is InChI=1S/C20H34O3/c1-14(9-13-21)8-12-19(4)15(2)6-7-16-18(3)10-5-11-20(16,19)23-17(18)22/h14-16,21H,5-13H2,1-4H3/t14-,15-,16+,18+,19+,20-/m1/s1. The molecule has 6 atom stereocenters. The van der Waals surface area contributed by atoms with E-state index in [-0.39, 0.29) is 29.0 Å². The molecule has 1 N–H and O–H groups in total. The Morgan fingerprint density at radius 3 is 2.70 bits per heavy atom. The Morgan fingerprint density at radius 1 is 1.26 bits per heavy atom. The van der Waals surface area contributed by atoms with E-state index in [1.807, 2.05) is 0 Å². The van der Waals surface area contributed by atoms with Crippen molar-refractivity contribution in [2.45, 2.75) is 84.7 Å². The first-order valence-corrected chi connectivity index (χ1v) is 9.64. The summed E-state index contributed by atoms with van der Waals surface area (Å²) >= 11 is 0. The van der Waals surface area contributed by atoms with Gasteiger partial charge in [0.1, 0.15) is 5.60 Å². The maximum Gasteiger partial charge on any atom is 0.312 e. The van der Waals surface area contributed by atoms with Crippen LogP contribution in [0.1, 0.15) is 79.1 Å². The summed E-state index contributed by atoms with van der Waals surface area (Å²) < 4.78 is 6.27. The zero-order valence-corrected chi connectivity index (χ0v) is 15.4. The summed E-state index contributed by atoms with van der Waals surface area (Å²) in [4.78, 5) is 12.7. The highest BCUT2D eigenvalue weighted by Crippen LogP contribution is 2.68. The lowest BCUT2D eigenvalue weighted by Gasteiger charge is -2.58. The molecular formula is C20H34O3. The number of esters is 1. The number of hydrogen-bond donors (Lipinski definition) is 1. The highest BCUT2D eigenvalue weighted by atomic mass is 16.6. The average Bonchev–Trinajstić information content (AvgIpc) is 2.62. The van der Waals surface area contributed by atoms with Crippen molar-refractivity contribution in [1.29, 1.82) is 0 Å². The summed E-state index contributed by atoms with van der Waals surface area (Å²) in [6.45, 7) is 9.41. The molecule has 2 bridgehead atoms. The van der Waals surface area contributed by atoms with Gasteiger partial charge in [0.05, 0.1) is 5.41 Å². The van der Waals surface area contributed by atoms with Crippen molar-refractivity contribution in [2.75, 3.05) is 6.61 Å². The van der Waals surface area contributed by atoms with Gasteiger partial charge in [0.25, 0.3) is 0 Å². The Balaban J connectivity index is 1.90. The van der Waals surface area contributed by atoms with Crippen LogP contribution in [0.25, 0.3) is 0 Å². The molecule has 1 heterocycles. The maximum absolute atomic E-state index is 12.7. The smallest absolute Gasteiger partial charge is 0.312 e. The zero-order valence-electron chi connectivity index (χ0n) is 15.4. The van der Waals surface area contributed by atoms with Crippen LogP contribution in [0.4, 0.5) is 0 Å². The third-order valence-corrected chi connectivity index (χ3v) is 8.04. The van der Waals surface area contributed by atoms with E-state index in [0.717, 1.165) is 44.9 Å². The van der Waals surface area contributed by atoms with Gasteiger partial charge in [-0.15, -0.1) is 0 Å². The molecule has 0 aromatic rings. The Labute approximate surface area is 141 Å². The Hall–Kier alpha value is -0.570. The van der Waals surface area contributed by atoms with Crippen molar-refractivity contribution in [3.05, 3.63) is 0 Å². The van der Waals surface area contributed by atoms with E-state index in [1.54, 1.807) is 0 Å². The molecule has 0 amide bonds. The molecule has 3 nitrogen and oxygen atoms in total. The van der Waals surface area contributed by atoms with Gasteiger partial charge < -0.3 is 9.84 Å². The lowest BCUT2D eigenvalue weighted by atomic mass is 9.46. The molecular weight excluding hydrogens is 288 g/mol. The van der Waals surface area contributed by atoms with Crippen LogP contribution < -0.4 is 0 Å². The first-order chi connectivity index (χ1) is 10.8. The number of ether oxygens (including phenoxy) is 1. The van der Waals surface area contributed by atoms with Crippen LogP contribution in [0.2, 0.25) is 0 Å². The van der Waals surface area contributed by atoms with Gasteiger partial charge in [0, 0.05) is 17.9 Å². The minimum Gasteiger partial charge on any atom is -0.458 e. The molecule has 3 rings (SSSR count). The summed E-state index contributed by atoms with van der Waals surface area (Å²) in [6.07, 6.45) is 8.62. The SMILES string of the molecule is C[C@@H](CCO)CC[C@@]1(C)[C@H](C)CC[C@H]2[C@]3(C)CCC[C@@]21OC3=O. The van der Waals surface area contributed by atoms with Crippen LogP contribution >= 0.6 is 0 Å². The summed E-state index contributed by atoms with van der Waals surface area (Å²) in [6, 6.07) is 0. The van der Waals surface area contributed by atoms with E-state index < -0.39 is 0 Å². The average molecular weight is 322 g/mol. The second-order valence-electron chi connectivity index (χ2n) is 9.15. The zero-order chi connectivity index (χ0) is 16.9. The first kappa shape index (κ1) is 17.3. The topological polar surface area (TPSA) is 46.5 Å². The van der Waals surface area contributed by atoms with Gasteiger partial charge in [-0.3, -0.25) is 4.79 Å². The molecule has 2 aliphatic carbocycles. The van der Waals surface area contributed by atoms with Gasteiger partial charge in [-0.25, -0.2) is 0 Å². The second kappa shape index (κ2) is 5.75. The van der Waals surface area contributed by atoms with Crippen molar-refractivity contribution in [1.82, 2.24) is 0 Å². The van der Waals surface area contributed by atoms with Gasteiger partial charge in [0.2, 0.25) is 0 Å². The van der Waals surface area contributed by atoms with Gasteiger partial charge in [-0.2, -0.15) is 0 Å². The minimum atomic E-state index is -0.240. The van der Waals surface area contributed by atoms with E-state index in [9.17, 15) is 9.90 Å². The van der Waals surface area contributed by atoms with E-state index >= 15 is 0 Å². The Morgan fingerprint density at radius 2 is 2.00 bits per heavy atom. The van der Waals surface area contributed by atoms with Crippen molar-refractivity contribution in [3.63, 3.8) is 0 Å². The van der Waals surface area contributed by atoms with Crippen LogP contribution in [0.15, 0.2) is 0 Å². The Bertz CT molecular complexity index is 476. The number of hydrogen-bond acceptors (Lipinski definition) is 3. The highest BCUT2D eigenvalue weighted by molar-refractivity contribution is 5.80. The number of aliphatic hydroxyl groups excluding tert-OH is 1. The summed E-state index contributed by atoms with van der Waals surface area (Å²) in [5.41, 5.74) is -0.391. The first-order valence-electron chi connectivity index (χ1n) is 9.64. The monoisotopic (exact) mass is 322 g/mol. The molecule has 0 aromatic carbocycles. The van der Waals surface area contributed by atoms with Crippen molar-refractivity contribution in [3.8, 4) is 0 Å². The predicted octanol–water partition coefficient (Wildman–Crippen LogP) is 4.32. The molecule has 3 fully saturated rings. The fourth-order valence-electron chi connectivity index (χ4n) is 6.10. The number of aliphatic hydroxyl groups is 1. The second-order valence-corrected chi connectivity index (χ2v) is 9.15. The molecule has 0 spiro atoms. The fourth-order valence-corrected chi connectivity index (χ4v) is 6.10. The molecule has 3 heteroatoms. The largest absolute Gasteiger partial charge is 0.458 e. The molecule has 1 saturated heterocycles. The molecule has 2 saturated carbocycles. The van der Waals surface area contributed by atoms with E-state index in [0.29, 0.717) is 17.8 Å². The van der Waals surface area contributed by atoms with Crippen molar-refractivity contribution < 1.29 is 14.6 Å². The fraction of sp³-hybridized carbons (Fsp3) is 0.950. The van der Waals surface area contributed by atoms with Crippen LogP contribution in [0.5, 0.6) is 0 Å². The minimum absolute atomic E-state index is 0.0729. The van der Waals surface area contributed by atoms with Gasteiger partial charge in [-0.1, -0.05) is 20.8 Å². The van der Waals surface area contributed by atoms with E-state index in [1.165, 1.54) is 6.42 Å². The normalized spacial score (nSPS) is 47.1. The molecule has 1 aliphatic heterocycles. The summed E-state index contributed by atoms with van der Waals surface area (Å²) in [7, 11) is 0. The van der Waals surface area contributed by atoms with Crippen molar-refractivity contribution >= 4 is 5.97 Å². The quantitative estimate of drug-likeness (QED) is 0.767. The molecule has 0 aromatic heterocycles. The predicted molar refractivity (Wildman–Crippen MR) is 90.9 cm³/mol. The molecule has 23 heavy (non-hydrogen) atoms. The maximum atomic E-state index is 12.7. The number of rotatable bonds is 5. The van der Waals surface area contributed by atoms with Crippen LogP contribution in [0, 0.1) is 28.6 Å². The van der Waals surface area contributed by atoms with Crippen LogP contribution in [-0.2, 0) is 9.53 Å². The van der Waals surface area contributed by atoms with Crippen LogP contribution in [-0.4, -0.2) is 23.3 Å². The molecule has 0 unspecified atom stereocenters. The lowest BCUT2D eigenvalue weighted by Crippen LogP contribution is -2.60. The molecule has 3 aliphatic rings. The van der Waals surface area contributed by atoms with Crippen molar-refractivity contribution in [2.24, 2.45) is 28.6 Å². The van der Waals surface area contributed by atoms with Crippen LogP contribution in [0.3, 0.4) is 0 Å². The van der Waals surface area contributed by atoms with Gasteiger partial charge in [-0.05, 0) is 70.1 Å². The molecule has 132 valence electrons. The number of carbonyl (C=O) groups is 1. The molecule has 0 radical (unpaired) electrons. The lowest BCUT2D eigenvalue weighted by molar-refractivity contribution is -0.188. The van der Waals surface area contributed by atoms with Gasteiger partial charge in [0.15, 0.2) is 0 Å². The summed E-state index contributed by atoms with van der Waals surface area (Å²) in [5.74, 6) is 1.61. The summed E-state index contributed by atoms with van der Waals surface area (Å²) in [5, 5.41) is 9.18. The third-order valence-electron chi connectivity index (χ3n) is 8.04. The third kappa shape index (κ3) is 2.29. The number of carbonyl (C=O) groups excluding carboxylic acids is 1. The van der Waals surface area contributed by atoms with E-state index in [4.69, 9.17) is 4.74 Å². The highest BCUT2D eigenvalue weighted by Gasteiger charge is 2.72. The van der Waals surface area contributed by atoms with Gasteiger partial charge >= 0.3 is 5.97 Å². The Kier molecular flexibility index (Phi) is 4.32. The van der Waals surface area contributed by atoms with E-state index in [2.05, 4.69) is 27.7 Å².